The number of rotatable bonds is 0. The fourth-order valence-electron chi connectivity index (χ4n) is 5.11. The van der Waals surface area contributed by atoms with Gasteiger partial charge in [0.2, 0.25) is 0 Å². The largest absolute Gasteiger partial charge is 0.288 e. The summed E-state index contributed by atoms with van der Waals surface area (Å²) in [7, 11) is 0. The summed E-state index contributed by atoms with van der Waals surface area (Å²) in [6.07, 6.45) is 0. The van der Waals surface area contributed by atoms with Crippen molar-refractivity contribution in [3.05, 3.63) is 81.4 Å². The summed E-state index contributed by atoms with van der Waals surface area (Å²) in [6, 6.07) is 20.8. The summed E-state index contributed by atoms with van der Waals surface area (Å²) in [5.74, 6) is 0. The van der Waals surface area contributed by atoms with Crippen LogP contribution >= 0.6 is 0 Å². The van der Waals surface area contributed by atoms with Crippen molar-refractivity contribution < 1.29 is 0 Å². The Labute approximate surface area is 151 Å². The summed E-state index contributed by atoms with van der Waals surface area (Å²) in [5.41, 5.74) is -0.597. The summed E-state index contributed by atoms with van der Waals surface area (Å²) < 4.78 is 0. The van der Waals surface area contributed by atoms with Crippen molar-refractivity contribution >= 4 is 64.6 Å². The molecule has 0 saturated heterocycles. The van der Waals surface area contributed by atoms with Gasteiger partial charge in [-0.1, -0.05) is 60.7 Å². The molecule has 0 unspecified atom stereocenters. The number of nitrogens with one attached hydrogen (secondary N) is 1. The zero-order valence-electron chi connectivity index (χ0n) is 14.1. The van der Waals surface area contributed by atoms with Crippen LogP contribution < -0.4 is 11.1 Å². The Morgan fingerprint density at radius 2 is 0.926 bits per heavy atom. The number of benzene rings is 6. The monoisotopic (exact) mass is 345 g/mol. The van der Waals surface area contributed by atoms with E-state index in [1.54, 1.807) is 0 Å². The maximum absolute atomic E-state index is 12.6. The van der Waals surface area contributed by atoms with Gasteiger partial charge in [0.15, 0.2) is 0 Å². The number of H-pyrrole nitrogens is 1. The lowest BCUT2D eigenvalue weighted by Crippen LogP contribution is -2.05. The molecule has 27 heavy (non-hydrogen) atoms. The zero-order chi connectivity index (χ0) is 17.9. The topological polar surface area (TPSA) is 49.9 Å². The van der Waals surface area contributed by atoms with Gasteiger partial charge < -0.3 is 0 Å². The molecule has 0 spiro atoms. The van der Waals surface area contributed by atoms with Crippen LogP contribution in [0.15, 0.2) is 70.3 Å². The number of hydrogen-bond acceptors (Lipinski definition) is 2. The Balaban J connectivity index is 2.09. The van der Waals surface area contributed by atoms with E-state index in [9.17, 15) is 9.59 Å². The van der Waals surface area contributed by atoms with Gasteiger partial charge in [0.1, 0.15) is 0 Å². The van der Waals surface area contributed by atoms with Crippen molar-refractivity contribution in [3.63, 3.8) is 0 Å². The molecule has 6 aromatic carbocycles. The maximum atomic E-state index is 12.6. The van der Waals surface area contributed by atoms with Gasteiger partial charge >= 0.3 is 0 Å². The van der Waals surface area contributed by atoms with E-state index in [1.807, 2.05) is 12.1 Å². The number of hydrogen-bond donors (Lipinski definition) is 1. The fraction of sp³-hybridized carbons (Fsp3) is 0. The molecule has 0 aliphatic carbocycles. The van der Waals surface area contributed by atoms with E-state index >= 15 is 0 Å². The Morgan fingerprint density at radius 1 is 0.444 bits per heavy atom. The minimum atomic E-state index is -0.298. The highest BCUT2D eigenvalue weighted by Crippen LogP contribution is 2.46. The first-order valence-electron chi connectivity index (χ1n) is 8.97. The second-order valence-electron chi connectivity index (χ2n) is 7.32. The van der Waals surface area contributed by atoms with Gasteiger partial charge in [-0.2, -0.15) is 0 Å². The number of aromatic nitrogens is 1. The van der Waals surface area contributed by atoms with Crippen LogP contribution in [0.2, 0.25) is 0 Å². The van der Waals surface area contributed by atoms with Crippen LogP contribution in [0.3, 0.4) is 0 Å². The summed E-state index contributed by atoms with van der Waals surface area (Å²) in [6.45, 7) is 0. The molecular formula is C24H11NO2. The molecule has 3 heteroatoms. The molecule has 0 radical (unpaired) electrons. The van der Waals surface area contributed by atoms with Crippen LogP contribution in [-0.4, -0.2) is 4.98 Å². The van der Waals surface area contributed by atoms with Gasteiger partial charge in [0.05, 0.1) is 10.8 Å². The quantitative estimate of drug-likeness (QED) is 0.312. The molecule has 0 aliphatic heterocycles. The first kappa shape index (κ1) is 13.5. The van der Waals surface area contributed by atoms with E-state index in [1.165, 1.54) is 21.5 Å². The molecule has 1 aromatic heterocycles. The second-order valence-corrected chi connectivity index (χ2v) is 7.32. The van der Waals surface area contributed by atoms with Crippen molar-refractivity contribution in [2.24, 2.45) is 0 Å². The smallest absolute Gasteiger partial charge is 0.259 e. The molecule has 7 aromatic rings. The normalized spacial score (nSPS) is 12.7. The third kappa shape index (κ3) is 1.35. The molecule has 0 atom stereocenters. The summed E-state index contributed by atoms with van der Waals surface area (Å²) in [4.78, 5) is 27.7. The molecule has 1 N–H and O–H groups in total. The van der Waals surface area contributed by atoms with Crippen molar-refractivity contribution in [3.8, 4) is 0 Å². The van der Waals surface area contributed by atoms with Crippen LogP contribution in [-0.2, 0) is 0 Å². The Hall–Kier alpha value is -3.72. The lowest BCUT2D eigenvalue weighted by Gasteiger charge is -2.18. The Kier molecular flexibility index (Phi) is 2.07. The van der Waals surface area contributed by atoms with Crippen molar-refractivity contribution in [2.75, 3.05) is 0 Å². The molecule has 124 valence electrons. The van der Waals surface area contributed by atoms with Crippen LogP contribution in [0.4, 0.5) is 0 Å². The highest BCUT2D eigenvalue weighted by atomic mass is 16.2. The third-order valence-electron chi connectivity index (χ3n) is 6.10. The van der Waals surface area contributed by atoms with Gasteiger partial charge in [0.25, 0.3) is 11.1 Å². The first-order chi connectivity index (χ1) is 13.2. The van der Waals surface area contributed by atoms with E-state index in [0.717, 1.165) is 32.3 Å². The lowest BCUT2D eigenvalue weighted by molar-refractivity contribution is 1.26. The predicted octanol–water partition coefficient (Wildman–Crippen LogP) is 4.97. The molecule has 7 rings (SSSR count). The van der Waals surface area contributed by atoms with Crippen LogP contribution in [0.1, 0.15) is 0 Å². The van der Waals surface area contributed by atoms with E-state index in [0.29, 0.717) is 10.8 Å². The minimum Gasteiger partial charge on any atom is -0.288 e. The SMILES string of the molecule is O=c1[nH]c(=O)c2c3ccc4cccc5c6cccc7ccc(c12)c(c76)c3c45. The van der Waals surface area contributed by atoms with Crippen LogP contribution in [0.25, 0.3) is 64.6 Å². The van der Waals surface area contributed by atoms with Crippen molar-refractivity contribution in [1.29, 1.82) is 0 Å². The molecule has 0 aliphatic rings. The van der Waals surface area contributed by atoms with Crippen LogP contribution in [0, 0.1) is 0 Å². The third-order valence-corrected chi connectivity index (χ3v) is 6.10. The Morgan fingerprint density at radius 3 is 1.41 bits per heavy atom. The average Bonchev–Trinajstić information content (AvgIpc) is 3.00. The van der Waals surface area contributed by atoms with E-state index in [4.69, 9.17) is 0 Å². The Bertz CT molecular complexity index is 1680. The predicted molar refractivity (Wildman–Crippen MR) is 112 cm³/mol. The molecule has 1 heterocycles. The second kappa shape index (κ2) is 4.15. The van der Waals surface area contributed by atoms with Crippen molar-refractivity contribution in [1.82, 2.24) is 4.98 Å². The number of aromatic amines is 1. The maximum Gasteiger partial charge on any atom is 0.259 e. The summed E-state index contributed by atoms with van der Waals surface area (Å²) in [5, 5.41) is 11.9. The summed E-state index contributed by atoms with van der Waals surface area (Å²) >= 11 is 0. The molecular weight excluding hydrogens is 334 g/mol. The lowest BCUT2D eigenvalue weighted by atomic mass is 9.84. The van der Waals surface area contributed by atoms with Gasteiger partial charge in [-0.15, -0.1) is 0 Å². The van der Waals surface area contributed by atoms with Gasteiger partial charge in [-0.25, -0.2) is 0 Å². The fourth-order valence-corrected chi connectivity index (χ4v) is 5.11. The van der Waals surface area contributed by atoms with Crippen molar-refractivity contribution in [2.45, 2.75) is 0 Å². The van der Waals surface area contributed by atoms with E-state index < -0.39 is 0 Å². The molecule has 0 fully saturated rings. The molecule has 0 amide bonds. The van der Waals surface area contributed by atoms with E-state index in [2.05, 4.69) is 53.5 Å². The minimum absolute atomic E-state index is 0.298. The van der Waals surface area contributed by atoms with Gasteiger partial charge in [-0.05, 0) is 53.9 Å². The van der Waals surface area contributed by atoms with Crippen LogP contribution in [0.5, 0.6) is 0 Å². The van der Waals surface area contributed by atoms with Gasteiger partial charge in [-0.3, -0.25) is 14.6 Å². The first-order valence-corrected chi connectivity index (χ1v) is 8.97. The van der Waals surface area contributed by atoms with E-state index in [-0.39, 0.29) is 11.1 Å². The molecule has 0 saturated carbocycles. The highest BCUT2D eigenvalue weighted by molar-refractivity contribution is 6.44. The molecule has 0 bridgehead atoms. The zero-order valence-corrected chi connectivity index (χ0v) is 14.1. The standard InChI is InChI=1S/C24H11NO2/c26-23-21-15-9-7-11-3-1-5-13-14-6-2-4-12-8-10-16(22(21)24(27)25-23)20(18(12)14)19(15)17(11)13/h1-10H,(H,25,26,27). The highest BCUT2D eigenvalue weighted by Gasteiger charge is 2.22. The molecule has 3 nitrogen and oxygen atoms in total. The average molecular weight is 345 g/mol. The van der Waals surface area contributed by atoms with Gasteiger partial charge in [0, 0.05) is 0 Å². The number of fused-ring (bicyclic) bond motifs is 4.